The molecule has 1 heterocycles. The lowest BCUT2D eigenvalue weighted by atomic mass is 9.99. The molecule has 1 aliphatic heterocycles. The van der Waals surface area contributed by atoms with E-state index in [9.17, 15) is 0 Å². The summed E-state index contributed by atoms with van der Waals surface area (Å²) < 4.78 is 5.46. The topological polar surface area (TPSA) is 12.5 Å². The van der Waals surface area contributed by atoms with Gasteiger partial charge in [0.1, 0.15) is 6.23 Å². The van der Waals surface area contributed by atoms with Gasteiger partial charge >= 0.3 is 0 Å². The minimum absolute atomic E-state index is 0.143. The Bertz CT molecular complexity index is 298. The van der Waals surface area contributed by atoms with Gasteiger partial charge in [0.15, 0.2) is 0 Å². The molecule has 2 nitrogen and oxygen atoms in total. The highest BCUT2D eigenvalue weighted by Crippen LogP contribution is 2.28. The van der Waals surface area contributed by atoms with Crippen molar-refractivity contribution in [1.82, 2.24) is 4.90 Å². The van der Waals surface area contributed by atoms with Gasteiger partial charge in [-0.25, -0.2) is 0 Å². The van der Waals surface area contributed by atoms with Crippen molar-refractivity contribution in [2.24, 2.45) is 0 Å². The summed E-state index contributed by atoms with van der Waals surface area (Å²) in [6.07, 6.45) is 1.27. The fourth-order valence-electron chi connectivity index (χ4n) is 1.96. The predicted molar refractivity (Wildman–Crippen MR) is 52.5 cm³/mol. The molecule has 0 N–H and O–H groups in total. The predicted octanol–water partition coefficient (Wildman–Crippen LogP) is 1.82. The van der Waals surface area contributed by atoms with Crippen molar-refractivity contribution < 1.29 is 4.74 Å². The van der Waals surface area contributed by atoms with Crippen LogP contribution in [-0.4, -0.2) is 25.6 Å². The molecule has 0 fully saturated rings. The molecule has 1 unspecified atom stereocenters. The van der Waals surface area contributed by atoms with Crippen LogP contribution in [0.2, 0.25) is 0 Å². The van der Waals surface area contributed by atoms with E-state index in [0.29, 0.717) is 0 Å². The summed E-state index contributed by atoms with van der Waals surface area (Å²) in [7, 11) is 3.87. The molecule has 1 aromatic rings. The van der Waals surface area contributed by atoms with Crippen molar-refractivity contribution in [2.75, 3.05) is 20.7 Å². The van der Waals surface area contributed by atoms with Crippen LogP contribution in [0.3, 0.4) is 0 Å². The van der Waals surface area contributed by atoms with Gasteiger partial charge in [-0.3, -0.25) is 4.90 Å². The zero-order valence-corrected chi connectivity index (χ0v) is 8.16. The molecule has 0 saturated heterocycles. The molecular weight excluding hydrogens is 162 g/mol. The van der Waals surface area contributed by atoms with Gasteiger partial charge in [0.25, 0.3) is 0 Å². The van der Waals surface area contributed by atoms with E-state index in [4.69, 9.17) is 4.74 Å². The highest BCUT2D eigenvalue weighted by molar-refractivity contribution is 5.31. The molecule has 2 heteroatoms. The van der Waals surface area contributed by atoms with E-state index in [1.54, 1.807) is 7.11 Å². The van der Waals surface area contributed by atoms with Crippen molar-refractivity contribution >= 4 is 0 Å². The van der Waals surface area contributed by atoms with Gasteiger partial charge in [-0.05, 0) is 24.6 Å². The van der Waals surface area contributed by atoms with Crippen LogP contribution in [0, 0.1) is 0 Å². The van der Waals surface area contributed by atoms with Gasteiger partial charge < -0.3 is 4.74 Å². The molecule has 0 aromatic heterocycles. The normalized spacial score (nSPS) is 22.8. The molecule has 0 bridgehead atoms. The Labute approximate surface area is 79.1 Å². The number of methoxy groups -OCH3 is 1. The van der Waals surface area contributed by atoms with E-state index in [2.05, 4.69) is 36.2 Å². The first kappa shape index (κ1) is 8.73. The number of benzene rings is 1. The lowest BCUT2D eigenvalue weighted by Gasteiger charge is -2.33. The van der Waals surface area contributed by atoms with E-state index >= 15 is 0 Å². The van der Waals surface area contributed by atoms with Crippen LogP contribution in [0.5, 0.6) is 0 Å². The molecule has 0 spiro atoms. The number of fused-ring (bicyclic) bond motifs is 1. The molecule has 13 heavy (non-hydrogen) atoms. The van der Waals surface area contributed by atoms with Crippen molar-refractivity contribution in [3.8, 4) is 0 Å². The van der Waals surface area contributed by atoms with Crippen LogP contribution in [0.1, 0.15) is 17.4 Å². The van der Waals surface area contributed by atoms with Crippen LogP contribution >= 0.6 is 0 Å². The number of rotatable bonds is 1. The van der Waals surface area contributed by atoms with E-state index in [-0.39, 0.29) is 6.23 Å². The Balaban J connectivity index is 2.39. The summed E-state index contributed by atoms with van der Waals surface area (Å²) in [5.74, 6) is 0. The summed E-state index contributed by atoms with van der Waals surface area (Å²) in [6.45, 7) is 1.08. The minimum Gasteiger partial charge on any atom is -0.362 e. The van der Waals surface area contributed by atoms with E-state index < -0.39 is 0 Å². The van der Waals surface area contributed by atoms with Crippen LogP contribution in [0.4, 0.5) is 0 Å². The Morgan fingerprint density at radius 3 is 2.92 bits per heavy atom. The van der Waals surface area contributed by atoms with Crippen LogP contribution in [-0.2, 0) is 11.2 Å². The van der Waals surface area contributed by atoms with Crippen molar-refractivity contribution in [3.05, 3.63) is 35.4 Å². The molecular formula is C11H15NO. The number of likely N-dealkylation sites (N-methyl/N-ethyl adjacent to an activating group) is 1. The molecule has 2 rings (SSSR count). The number of ether oxygens (including phenoxy) is 1. The van der Waals surface area contributed by atoms with Gasteiger partial charge in [-0.1, -0.05) is 24.3 Å². The van der Waals surface area contributed by atoms with Gasteiger partial charge in [-0.2, -0.15) is 0 Å². The number of nitrogens with zero attached hydrogens (tertiary/aromatic N) is 1. The second-order valence-corrected chi connectivity index (χ2v) is 3.52. The molecule has 1 aliphatic rings. The fourth-order valence-corrected chi connectivity index (χ4v) is 1.96. The van der Waals surface area contributed by atoms with E-state index in [1.165, 1.54) is 11.1 Å². The second kappa shape index (κ2) is 3.48. The molecule has 0 radical (unpaired) electrons. The van der Waals surface area contributed by atoms with Gasteiger partial charge in [-0.15, -0.1) is 0 Å². The summed E-state index contributed by atoms with van der Waals surface area (Å²) in [5, 5.41) is 0. The molecule has 1 atom stereocenters. The number of hydrogen-bond acceptors (Lipinski definition) is 2. The zero-order valence-electron chi connectivity index (χ0n) is 8.16. The van der Waals surface area contributed by atoms with Gasteiger partial charge in [0, 0.05) is 13.7 Å². The lowest BCUT2D eigenvalue weighted by molar-refractivity contribution is -0.0265. The summed E-state index contributed by atoms with van der Waals surface area (Å²) in [5.41, 5.74) is 2.74. The highest BCUT2D eigenvalue weighted by atomic mass is 16.5. The first-order valence-corrected chi connectivity index (χ1v) is 4.64. The first-order valence-electron chi connectivity index (χ1n) is 4.64. The largest absolute Gasteiger partial charge is 0.362 e. The average Bonchev–Trinajstić information content (AvgIpc) is 2.18. The SMILES string of the molecule is COC1c2ccccc2CCN1C. The molecule has 1 aromatic carbocycles. The van der Waals surface area contributed by atoms with Crippen molar-refractivity contribution in [3.63, 3.8) is 0 Å². The average molecular weight is 177 g/mol. The van der Waals surface area contributed by atoms with E-state index in [0.717, 1.165) is 13.0 Å². The smallest absolute Gasteiger partial charge is 0.136 e. The standard InChI is InChI=1S/C11H15NO/c1-12-8-7-9-5-3-4-6-10(9)11(12)13-2/h3-6,11H,7-8H2,1-2H3. The van der Waals surface area contributed by atoms with Crippen molar-refractivity contribution in [2.45, 2.75) is 12.6 Å². The molecule has 70 valence electrons. The lowest BCUT2D eigenvalue weighted by Crippen LogP contribution is -2.33. The maximum Gasteiger partial charge on any atom is 0.136 e. The third kappa shape index (κ3) is 1.47. The van der Waals surface area contributed by atoms with Gasteiger partial charge in [0.2, 0.25) is 0 Å². The van der Waals surface area contributed by atoms with Gasteiger partial charge in [0.05, 0.1) is 0 Å². The zero-order chi connectivity index (χ0) is 9.26. The third-order valence-corrected chi connectivity index (χ3v) is 2.68. The molecule has 0 amide bonds. The fraction of sp³-hybridized carbons (Fsp3) is 0.455. The van der Waals surface area contributed by atoms with E-state index in [1.807, 2.05) is 0 Å². The molecule has 0 saturated carbocycles. The maximum absolute atomic E-state index is 5.46. The summed E-state index contributed by atoms with van der Waals surface area (Å²) in [6, 6.07) is 8.51. The maximum atomic E-state index is 5.46. The Kier molecular flexibility index (Phi) is 2.34. The first-order chi connectivity index (χ1) is 6.33. The quantitative estimate of drug-likeness (QED) is 0.648. The Hall–Kier alpha value is -0.860. The number of hydrogen-bond donors (Lipinski definition) is 0. The Morgan fingerprint density at radius 1 is 1.38 bits per heavy atom. The van der Waals surface area contributed by atoms with Crippen LogP contribution in [0.25, 0.3) is 0 Å². The summed E-state index contributed by atoms with van der Waals surface area (Å²) >= 11 is 0. The third-order valence-electron chi connectivity index (χ3n) is 2.68. The van der Waals surface area contributed by atoms with Crippen LogP contribution in [0.15, 0.2) is 24.3 Å². The van der Waals surface area contributed by atoms with Crippen LogP contribution < -0.4 is 0 Å². The molecule has 0 aliphatic carbocycles. The summed E-state index contributed by atoms with van der Waals surface area (Å²) in [4.78, 5) is 2.24. The van der Waals surface area contributed by atoms with Crippen molar-refractivity contribution in [1.29, 1.82) is 0 Å². The minimum atomic E-state index is 0.143. The Morgan fingerprint density at radius 2 is 2.15 bits per heavy atom. The highest BCUT2D eigenvalue weighted by Gasteiger charge is 2.23. The second-order valence-electron chi connectivity index (χ2n) is 3.52. The monoisotopic (exact) mass is 177 g/mol.